The number of nitrogens with one attached hydrogen (secondary N) is 2. The lowest BCUT2D eigenvalue weighted by molar-refractivity contribution is -0.115. The fourth-order valence-electron chi connectivity index (χ4n) is 4.91. The highest BCUT2D eigenvalue weighted by molar-refractivity contribution is 6.34. The first kappa shape index (κ1) is 29.7. The number of anilines is 2. The summed E-state index contributed by atoms with van der Waals surface area (Å²) in [6.07, 6.45) is 3.61. The molecule has 2 aliphatic heterocycles. The number of imide groups is 2. The first-order valence-corrected chi connectivity index (χ1v) is 14.0. The molecule has 0 aliphatic carbocycles. The van der Waals surface area contributed by atoms with Gasteiger partial charge in [0.15, 0.2) is 0 Å². The van der Waals surface area contributed by atoms with Crippen molar-refractivity contribution in [2.24, 2.45) is 0 Å². The van der Waals surface area contributed by atoms with E-state index in [1.165, 1.54) is 0 Å². The van der Waals surface area contributed by atoms with E-state index in [1.54, 1.807) is 48.6 Å². The summed E-state index contributed by atoms with van der Waals surface area (Å²) < 4.78 is 0. The van der Waals surface area contributed by atoms with Gasteiger partial charge in [0.05, 0.1) is 0 Å². The number of hydrogen-bond acceptors (Lipinski definition) is 6. The van der Waals surface area contributed by atoms with Crippen molar-refractivity contribution < 1.29 is 19.2 Å². The van der Waals surface area contributed by atoms with Crippen LogP contribution in [0, 0.1) is 0 Å². The second-order valence-corrected chi connectivity index (χ2v) is 10.7. The van der Waals surface area contributed by atoms with E-state index in [-0.39, 0.29) is 23.6 Å². The first-order valence-electron chi connectivity index (χ1n) is 14.0. The predicted octanol–water partition coefficient (Wildman–Crippen LogP) is 5.13. The van der Waals surface area contributed by atoms with E-state index in [9.17, 15) is 19.2 Å². The van der Waals surface area contributed by atoms with E-state index in [2.05, 4.69) is 10.6 Å². The Morgan fingerprint density at radius 3 is 1.07 bits per heavy atom. The van der Waals surface area contributed by atoms with Gasteiger partial charge in [0.1, 0.15) is 0 Å². The maximum Gasteiger partial charge on any atom is 0.258 e. The van der Waals surface area contributed by atoms with Crippen molar-refractivity contribution in [1.82, 2.24) is 10.6 Å². The van der Waals surface area contributed by atoms with Crippen LogP contribution in [0.3, 0.4) is 0 Å². The molecule has 8 heteroatoms. The Bertz CT molecular complexity index is 1680. The molecular formula is C36H32N4O4. The number of rotatable bonds is 4. The molecule has 4 aromatic carbocycles. The van der Waals surface area contributed by atoms with Gasteiger partial charge in [0, 0.05) is 61.8 Å². The summed E-state index contributed by atoms with van der Waals surface area (Å²) in [5.41, 5.74) is 7.43. The zero-order valence-corrected chi connectivity index (χ0v) is 24.9. The number of nitrogens with zero attached hydrogens (tertiary/aromatic N) is 2. The lowest BCUT2D eigenvalue weighted by Crippen LogP contribution is -2.36. The third-order valence-corrected chi connectivity index (χ3v) is 7.31. The molecule has 6 rings (SSSR count). The van der Waals surface area contributed by atoms with Gasteiger partial charge in [-0.25, -0.2) is 0 Å². The summed E-state index contributed by atoms with van der Waals surface area (Å²) in [6.45, 7) is 0. The number of carbonyl (C=O) groups is 4. The molecule has 0 radical (unpaired) electrons. The largest absolute Gasteiger partial charge is 0.378 e. The summed E-state index contributed by atoms with van der Waals surface area (Å²) in [7, 11) is 7.90. The highest BCUT2D eigenvalue weighted by atomic mass is 16.2. The molecule has 0 unspecified atom stereocenters. The molecule has 44 heavy (non-hydrogen) atoms. The van der Waals surface area contributed by atoms with Crippen molar-refractivity contribution >= 4 is 58.3 Å². The van der Waals surface area contributed by atoms with Crippen LogP contribution in [0.1, 0.15) is 43.0 Å². The standard InChI is InChI=1S/2C18H16N2O2/c2*1-20(2)13-9-7-12(8-10-13)11-16-14-5-3-4-6-15(14)17(21)19-18(16)22/h2*3-11H,1-2H3,(H,19,21,22). The Kier molecular flexibility index (Phi) is 8.53. The van der Waals surface area contributed by atoms with Crippen LogP contribution in [-0.4, -0.2) is 51.8 Å². The molecule has 8 nitrogen and oxygen atoms in total. The van der Waals surface area contributed by atoms with Crippen LogP contribution in [0.2, 0.25) is 0 Å². The third kappa shape index (κ3) is 6.34. The molecule has 0 spiro atoms. The summed E-state index contributed by atoms with van der Waals surface area (Å²) >= 11 is 0. The zero-order valence-electron chi connectivity index (χ0n) is 24.9. The first-order chi connectivity index (χ1) is 21.1. The van der Waals surface area contributed by atoms with Crippen molar-refractivity contribution in [3.8, 4) is 0 Å². The quantitative estimate of drug-likeness (QED) is 0.255. The van der Waals surface area contributed by atoms with E-state index in [0.717, 1.165) is 22.5 Å². The monoisotopic (exact) mass is 584 g/mol. The minimum atomic E-state index is -0.361. The zero-order chi connectivity index (χ0) is 31.4. The maximum absolute atomic E-state index is 12.1. The second-order valence-electron chi connectivity index (χ2n) is 10.7. The van der Waals surface area contributed by atoms with Crippen LogP contribution in [0.4, 0.5) is 11.4 Å². The van der Waals surface area contributed by atoms with Crippen LogP contribution in [0.5, 0.6) is 0 Å². The van der Waals surface area contributed by atoms with Crippen LogP contribution in [-0.2, 0) is 9.59 Å². The number of amides is 4. The van der Waals surface area contributed by atoms with Crippen LogP contribution < -0.4 is 20.4 Å². The Balaban J connectivity index is 0.000000175. The van der Waals surface area contributed by atoms with Crippen molar-refractivity contribution in [2.75, 3.05) is 38.0 Å². The minimum Gasteiger partial charge on any atom is -0.378 e. The van der Waals surface area contributed by atoms with Gasteiger partial charge in [-0.1, -0.05) is 60.7 Å². The molecule has 0 saturated heterocycles. The highest BCUT2D eigenvalue weighted by Gasteiger charge is 2.27. The number of carbonyl (C=O) groups excluding carboxylic acids is 4. The van der Waals surface area contributed by atoms with Crippen LogP contribution in [0.25, 0.3) is 23.3 Å². The van der Waals surface area contributed by atoms with Crippen LogP contribution >= 0.6 is 0 Å². The normalized spacial score (nSPS) is 15.5. The Morgan fingerprint density at radius 1 is 0.432 bits per heavy atom. The maximum atomic E-state index is 12.1. The topological polar surface area (TPSA) is 98.8 Å². The van der Waals surface area contributed by atoms with Gasteiger partial charge in [-0.3, -0.25) is 29.8 Å². The molecule has 220 valence electrons. The Morgan fingerprint density at radius 2 is 0.750 bits per heavy atom. The van der Waals surface area contributed by atoms with Crippen LogP contribution in [0.15, 0.2) is 97.1 Å². The lowest BCUT2D eigenvalue weighted by atomic mass is 9.93. The Hall–Kier alpha value is -5.76. The molecule has 4 amide bonds. The summed E-state index contributed by atoms with van der Waals surface area (Å²) in [5.74, 6) is -1.41. The molecule has 0 fully saturated rings. The lowest BCUT2D eigenvalue weighted by Gasteiger charge is -2.18. The molecule has 0 saturated carbocycles. The smallest absolute Gasteiger partial charge is 0.258 e. The fraction of sp³-hybridized carbons (Fsp3) is 0.111. The minimum absolute atomic E-state index is 0.347. The van der Waals surface area contributed by atoms with Gasteiger partial charge in [-0.15, -0.1) is 0 Å². The molecule has 2 aliphatic rings. The van der Waals surface area contributed by atoms with E-state index in [4.69, 9.17) is 0 Å². The number of hydrogen-bond donors (Lipinski definition) is 2. The second kappa shape index (κ2) is 12.6. The fourth-order valence-corrected chi connectivity index (χ4v) is 4.91. The van der Waals surface area contributed by atoms with E-state index in [1.807, 2.05) is 98.7 Å². The highest BCUT2D eigenvalue weighted by Crippen LogP contribution is 2.28. The van der Waals surface area contributed by atoms with Crippen molar-refractivity contribution in [3.05, 3.63) is 130 Å². The molecule has 0 atom stereocenters. The van der Waals surface area contributed by atoms with E-state index < -0.39 is 0 Å². The molecule has 2 N–H and O–H groups in total. The summed E-state index contributed by atoms with van der Waals surface area (Å²) in [4.78, 5) is 52.0. The third-order valence-electron chi connectivity index (χ3n) is 7.31. The van der Waals surface area contributed by atoms with Gasteiger partial charge < -0.3 is 9.80 Å². The average Bonchev–Trinajstić information content (AvgIpc) is 3.02. The number of fused-ring (bicyclic) bond motifs is 2. The van der Waals surface area contributed by atoms with Crippen molar-refractivity contribution in [3.63, 3.8) is 0 Å². The van der Waals surface area contributed by atoms with Gasteiger partial charge >= 0.3 is 0 Å². The average molecular weight is 585 g/mol. The molecule has 4 aromatic rings. The van der Waals surface area contributed by atoms with Gasteiger partial charge in [-0.2, -0.15) is 0 Å². The molecular weight excluding hydrogens is 552 g/mol. The van der Waals surface area contributed by atoms with E-state index >= 15 is 0 Å². The number of benzene rings is 4. The van der Waals surface area contributed by atoms with Crippen molar-refractivity contribution in [1.29, 1.82) is 0 Å². The molecule has 0 bridgehead atoms. The van der Waals surface area contributed by atoms with Gasteiger partial charge in [0.25, 0.3) is 23.6 Å². The Labute approximate surface area is 256 Å². The predicted molar refractivity (Wildman–Crippen MR) is 175 cm³/mol. The van der Waals surface area contributed by atoms with Crippen molar-refractivity contribution in [2.45, 2.75) is 0 Å². The molecule has 2 heterocycles. The SMILES string of the molecule is CN(C)c1ccc(C=C2C(=O)NC(=O)c3ccccc32)cc1.CN(C)c1ccc(C=C2C(=O)NC(=O)c3ccccc32)cc1. The molecule has 0 aromatic heterocycles. The van der Waals surface area contributed by atoms with Gasteiger partial charge in [-0.05, 0) is 70.8 Å². The van der Waals surface area contributed by atoms with Gasteiger partial charge in [0.2, 0.25) is 0 Å². The van der Waals surface area contributed by atoms with E-state index in [0.29, 0.717) is 33.4 Å². The summed E-state index contributed by atoms with van der Waals surface area (Å²) in [5, 5.41) is 4.76. The summed E-state index contributed by atoms with van der Waals surface area (Å²) in [6, 6.07) is 30.0.